The first-order chi connectivity index (χ1) is 22.4. The van der Waals surface area contributed by atoms with Crippen LogP contribution in [0.5, 0.6) is 6.01 Å². The van der Waals surface area contributed by atoms with Crippen LogP contribution in [0.4, 0.5) is 29.2 Å². The van der Waals surface area contributed by atoms with E-state index in [1.54, 1.807) is 0 Å². The van der Waals surface area contributed by atoms with Crippen LogP contribution in [0.3, 0.4) is 0 Å². The Morgan fingerprint density at radius 2 is 1.94 bits per heavy atom. The van der Waals surface area contributed by atoms with Crippen LogP contribution in [-0.2, 0) is 10.9 Å². The quantitative estimate of drug-likeness (QED) is 0.324. The number of fused-ring (bicyclic) bond motifs is 5. The number of morpholine rings is 1. The number of nitrogens with two attached hydrogens (primary N) is 1. The van der Waals surface area contributed by atoms with Crippen LogP contribution in [0, 0.1) is 18.2 Å². The van der Waals surface area contributed by atoms with Gasteiger partial charge < -0.3 is 25.4 Å². The Morgan fingerprint density at radius 3 is 2.66 bits per heavy atom. The zero-order chi connectivity index (χ0) is 32.8. The van der Waals surface area contributed by atoms with E-state index in [9.17, 15) is 13.2 Å². The van der Waals surface area contributed by atoms with E-state index < -0.39 is 28.8 Å². The number of ether oxygens (including phenoxy) is 2. The summed E-state index contributed by atoms with van der Waals surface area (Å²) in [5.41, 5.74) is 4.07. The molecule has 3 aromatic rings. The highest BCUT2D eigenvalue weighted by molar-refractivity contribution is 6.37. The third kappa shape index (κ3) is 5.30. The molecule has 8 rings (SSSR count). The zero-order valence-electron chi connectivity index (χ0n) is 26.0. The average Bonchev–Trinajstić information content (AvgIpc) is 3.69. The number of alkyl halides is 3. The number of nitrogen functional groups attached to an aromatic ring is 1. The van der Waals surface area contributed by atoms with Crippen molar-refractivity contribution in [2.24, 2.45) is 5.41 Å². The highest BCUT2D eigenvalue weighted by Gasteiger charge is 2.47. The molecule has 0 spiro atoms. The summed E-state index contributed by atoms with van der Waals surface area (Å²) in [6.45, 7) is 10.5. The summed E-state index contributed by atoms with van der Waals surface area (Å²) in [7, 11) is 0. The molecule has 4 fully saturated rings. The average molecular weight is 674 g/mol. The first-order valence-electron chi connectivity index (χ1n) is 16.1. The van der Waals surface area contributed by atoms with E-state index in [1.807, 2.05) is 0 Å². The van der Waals surface area contributed by atoms with Crippen molar-refractivity contribution in [3.63, 3.8) is 0 Å². The SMILES string of the molecule is C=C1C[C@H]2[C@@H]3CC[C@H](CN2c2nc(OCC4(CN5CCOCC5)CC4)nc4c(F)c(-c5nc(N)cc(C)c5C(F)(F)F)c(Cl)c1c24)N3. The molecule has 9 nitrogen and oxygen atoms in total. The highest BCUT2D eigenvalue weighted by atomic mass is 35.5. The Bertz CT molecular complexity index is 1790. The van der Waals surface area contributed by atoms with Gasteiger partial charge in [-0.15, -0.1) is 0 Å². The molecule has 0 unspecified atom stereocenters. The summed E-state index contributed by atoms with van der Waals surface area (Å²) in [4.78, 5) is 18.0. The lowest BCUT2D eigenvalue weighted by atomic mass is 9.91. The van der Waals surface area contributed by atoms with Gasteiger partial charge in [0.25, 0.3) is 0 Å². The van der Waals surface area contributed by atoms with E-state index >= 15 is 4.39 Å². The molecular weight excluding hydrogens is 638 g/mol. The van der Waals surface area contributed by atoms with Crippen LogP contribution in [-0.4, -0.2) is 84.0 Å². The minimum atomic E-state index is -4.86. The molecule has 5 aliphatic rings. The van der Waals surface area contributed by atoms with Crippen LogP contribution >= 0.6 is 11.6 Å². The molecule has 1 aliphatic carbocycles. The number of pyridine rings is 1. The molecule has 0 radical (unpaired) electrons. The maximum atomic E-state index is 17.0. The smallest absolute Gasteiger partial charge is 0.418 e. The molecule has 0 amide bonds. The fourth-order valence-corrected chi connectivity index (χ4v) is 8.43. The number of hydrogen-bond acceptors (Lipinski definition) is 9. The number of benzene rings is 1. The second-order valence-electron chi connectivity index (χ2n) is 13.8. The maximum absolute atomic E-state index is 17.0. The Kier molecular flexibility index (Phi) is 7.36. The predicted octanol–water partition coefficient (Wildman–Crippen LogP) is 5.61. The van der Waals surface area contributed by atoms with Crippen molar-refractivity contribution in [3.05, 3.63) is 40.2 Å². The molecule has 1 aromatic carbocycles. The number of halogens is 5. The van der Waals surface area contributed by atoms with Crippen molar-refractivity contribution in [3.8, 4) is 17.3 Å². The van der Waals surface area contributed by atoms with Gasteiger partial charge in [0.2, 0.25) is 0 Å². The van der Waals surface area contributed by atoms with Gasteiger partial charge in [0.05, 0.1) is 47.1 Å². The van der Waals surface area contributed by atoms with Crippen LogP contribution in [0.1, 0.15) is 48.8 Å². The van der Waals surface area contributed by atoms with E-state index in [0.717, 1.165) is 51.4 Å². The molecule has 4 aliphatic heterocycles. The van der Waals surface area contributed by atoms with E-state index in [4.69, 9.17) is 31.8 Å². The molecule has 6 heterocycles. The molecule has 3 saturated heterocycles. The highest BCUT2D eigenvalue weighted by Crippen LogP contribution is 2.52. The summed E-state index contributed by atoms with van der Waals surface area (Å²) in [6, 6.07) is 1.37. The van der Waals surface area contributed by atoms with Crippen molar-refractivity contribution in [2.45, 2.75) is 63.3 Å². The van der Waals surface area contributed by atoms with Crippen LogP contribution < -0.4 is 20.7 Å². The minimum Gasteiger partial charge on any atom is -0.463 e. The van der Waals surface area contributed by atoms with Gasteiger partial charge in [0.1, 0.15) is 17.2 Å². The van der Waals surface area contributed by atoms with Crippen molar-refractivity contribution in [1.82, 2.24) is 25.2 Å². The lowest BCUT2D eigenvalue weighted by molar-refractivity contribution is -0.137. The van der Waals surface area contributed by atoms with Gasteiger partial charge in [0, 0.05) is 55.3 Å². The summed E-state index contributed by atoms with van der Waals surface area (Å²) in [5.74, 6) is -0.767. The fraction of sp³-hybridized carbons (Fsp3) is 0.545. The molecule has 14 heteroatoms. The van der Waals surface area contributed by atoms with Crippen LogP contribution in [0.2, 0.25) is 5.02 Å². The van der Waals surface area contributed by atoms with Crippen LogP contribution in [0.25, 0.3) is 27.7 Å². The number of rotatable bonds is 6. The molecule has 1 saturated carbocycles. The Morgan fingerprint density at radius 1 is 1.17 bits per heavy atom. The molecular formula is C33H36ClF4N7O2. The van der Waals surface area contributed by atoms with Gasteiger partial charge >= 0.3 is 12.2 Å². The molecule has 2 bridgehead atoms. The Labute approximate surface area is 274 Å². The van der Waals surface area contributed by atoms with E-state index in [2.05, 4.69) is 31.7 Å². The second kappa shape index (κ2) is 11.1. The maximum Gasteiger partial charge on any atom is 0.418 e. The number of aryl methyl sites for hydroxylation is 1. The molecule has 47 heavy (non-hydrogen) atoms. The van der Waals surface area contributed by atoms with Crippen molar-refractivity contribution < 1.29 is 27.0 Å². The van der Waals surface area contributed by atoms with Crippen molar-refractivity contribution >= 4 is 39.7 Å². The molecule has 3 atom stereocenters. The number of nitrogens with one attached hydrogen (secondary N) is 1. The van der Waals surface area contributed by atoms with Gasteiger partial charge in [-0.1, -0.05) is 18.2 Å². The minimum absolute atomic E-state index is 0.0243. The van der Waals surface area contributed by atoms with Gasteiger partial charge in [-0.2, -0.15) is 23.1 Å². The fourth-order valence-electron chi connectivity index (χ4n) is 8.03. The van der Waals surface area contributed by atoms with Crippen molar-refractivity contribution in [1.29, 1.82) is 0 Å². The van der Waals surface area contributed by atoms with E-state index in [1.165, 1.54) is 6.92 Å². The first-order valence-corrected chi connectivity index (χ1v) is 16.5. The summed E-state index contributed by atoms with van der Waals surface area (Å²) >= 11 is 6.98. The Hall–Kier alpha value is -3.26. The number of aromatic nitrogens is 3. The Balaban J connectivity index is 1.30. The summed E-state index contributed by atoms with van der Waals surface area (Å²) in [5, 5.41) is 3.78. The van der Waals surface area contributed by atoms with Crippen molar-refractivity contribution in [2.75, 3.05) is 56.6 Å². The third-order valence-corrected chi connectivity index (χ3v) is 10.9. The molecule has 250 valence electrons. The normalized spacial score (nSPS) is 25.2. The molecule has 2 aromatic heterocycles. The summed E-state index contributed by atoms with van der Waals surface area (Å²) in [6.07, 6.45) is -0.500. The first kappa shape index (κ1) is 31.0. The van der Waals surface area contributed by atoms with E-state index in [-0.39, 0.29) is 51.5 Å². The van der Waals surface area contributed by atoms with Gasteiger partial charge in [0.15, 0.2) is 5.82 Å². The largest absolute Gasteiger partial charge is 0.463 e. The van der Waals surface area contributed by atoms with Crippen LogP contribution in [0.15, 0.2) is 12.6 Å². The topological polar surface area (TPSA) is 102 Å². The lowest BCUT2D eigenvalue weighted by Gasteiger charge is -2.41. The number of piperazine rings is 1. The number of hydrogen-bond donors (Lipinski definition) is 2. The monoisotopic (exact) mass is 673 g/mol. The second-order valence-corrected chi connectivity index (χ2v) is 14.1. The number of anilines is 2. The van der Waals surface area contributed by atoms with Gasteiger partial charge in [-0.05, 0) is 56.2 Å². The number of nitrogens with zero attached hydrogens (tertiary/aromatic N) is 5. The van der Waals surface area contributed by atoms with Gasteiger partial charge in [-0.25, -0.2) is 9.37 Å². The zero-order valence-corrected chi connectivity index (χ0v) is 26.8. The summed E-state index contributed by atoms with van der Waals surface area (Å²) < 4.78 is 72.3. The lowest BCUT2D eigenvalue weighted by Crippen LogP contribution is -2.58. The van der Waals surface area contributed by atoms with Gasteiger partial charge in [-0.3, -0.25) is 4.90 Å². The standard InChI is InChI=1S/C33H36ClF4N7O2/c1-16-11-20-19-4-3-18(40-19)13-45(20)30-23-22(16)26(34)24(28-25(33(36,37)38)17(2)12-21(39)41-28)27(35)29(23)42-31(43-30)47-15-32(5-6-32)14-44-7-9-46-10-8-44/h12,18-20,40H,1,3-11,13-15H2,2H3,(H2,39,41)/t18-,19+,20+/m1/s1. The van der Waals surface area contributed by atoms with E-state index in [0.29, 0.717) is 55.1 Å². The predicted molar refractivity (Wildman–Crippen MR) is 171 cm³/mol. The third-order valence-electron chi connectivity index (χ3n) is 10.5. The molecule has 3 N–H and O–H groups in total.